The van der Waals surface area contributed by atoms with Crippen molar-refractivity contribution in [2.75, 3.05) is 18.6 Å². The van der Waals surface area contributed by atoms with Gasteiger partial charge in [-0.1, -0.05) is 13.8 Å². The average Bonchev–Trinajstić information content (AvgIpc) is 3.10. The van der Waals surface area contributed by atoms with Gasteiger partial charge in [0.05, 0.1) is 19.2 Å². The Kier molecular flexibility index (Phi) is 4.80. The van der Waals surface area contributed by atoms with Crippen LogP contribution in [0.25, 0.3) is 0 Å². The smallest absolute Gasteiger partial charge is 0.311 e. The van der Waals surface area contributed by atoms with Crippen LogP contribution in [-0.4, -0.2) is 30.6 Å². The van der Waals surface area contributed by atoms with Gasteiger partial charge in [-0.2, -0.15) is 0 Å². The quantitative estimate of drug-likeness (QED) is 0.721. The number of carbonyl (C=O) groups is 1. The summed E-state index contributed by atoms with van der Waals surface area (Å²) in [6.07, 6.45) is 3.99. The number of esters is 1. The summed E-state index contributed by atoms with van der Waals surface area (Å²) in [5.74, 6) is 0.479. The molecule has 1 saturated carbocycles. The summed E-state index contributed by atoms with van der Waals surface area (Å²) < 4.78 is 4.67. The Morgan fingerprint density at radius 2 is 2.32 bits per heavy atom. The molecule has 0 spiro atoms. The van der Waals surface area contributed by atoms with Crippen molar-refractivity contribution in [1.82, 2.24) is 4.98 Å². The van der Waals surface area contributed by atoms with E-state index in [1.165, 1.54) is 26.4 Å². The third kappa shape index (κ3) is 4.20. The van der Waals surface area contributed by atoms with E-state index in [1.54, 1.807) is 11.3 Å². The van der Waals surface area contributed by atoms with Crippen LogP contribution >= 0.6 is 11.3 Å². The maximum Gasteiger partial charge on any atom is 0.311 e. The largest absolute Gasteiger partial charge is 0.469 e. The van der Waals surface area contributed by atoms with Gasteiger partial charge >= 0.3 is 5.97 Å². The van der Waals surface area contributed by atoms with Crippen LogP contribution in [0.5, 0.6) is 0 Å². The minimum absolute atomic E-state index is 0.225. The van der Waals surface area contributed by atoms with Crippen molar-refractivity contribution in [3.8, 4) is 0 Å². The highest BCUT2D eigenvalue weighted by molar-refractivity contribution is 7.13. The predicted octanol–water partition coefficient (Wildman–Crippen LogP) is 2.87. The van der Waals surface area contributed by atoms with E-state index in [9.17, 15) is 4.79 Å². The van der Waals surface area contributed by atoms with Crippen LogP contribution in [0.3, 0.4) is 0 Å². The number of aromatic nitrogens is 1. The van der Waals surface area contributed by atoms with Crippen LogP contribution in [0.4, 0.5) is 5.13 Å². The Morgan fingerprint density at radius 3 is 2.89 bits per heavy atom. The fourth-order valence-electron chi connectivity index (χ4n) is 1.95. The second kappa shape index (κ2) is 6.37. The van der Waals surface area contributed by atoms with Gasteiger partial charge in [-0.25, -0.2) is 4.98 Å². The summed E-state index contributed by atoms with van der Waals surface area (Å²) in [5.41, 5.74) is 0.821. The third-order valence-electron chi connectivity index (χ3n) is 3.27. The van der Waals surface area contributed by atoms with E-state index < -0.39 is 0 Å². The normalized spacial score (nSPS) is 14.7. The van der Waals surface area contributed by atoms with Crippen LogP contribution < -0.4 is 4.90 Å². The summed E-state index contributed by atoms with van der Waals surface area (Å²) in [6, 6.07) is 0.663. The zero-order valence-corrected chi connectivity index (χ0v) is 12.7. The molecule has 0 N–H and O–H groups in total. The van der Waals surface area contributed by atoms with Crippen molar-refractivity contribution < 1.29 is 9.53 Å². The topological polar surface area (TPSA) is 42.4 Å². The minimum atomic E-state index is -0.225. The molecule has 0 aliphatic heterocycles. The van der Waals surface area contributed by atoms with E-state index in [-0.39, 0.29) is 12.4 Å². The maximum atomic E-state index is 11.3. The Labute approximate surface area is 118 Å². The van der Waals surface area contributed by atoms with Gasteiger partial charge in [-0.3, -0.25) is 4.79 Å². The van der Waals surface area contributed by atoms with Gasteiger partial charge in [0.1, 0.15) is 0 Å². The lowest BCUT2D eigenvalue weighted by molar-refractivity contribution is -0.139. The Morgan fingerprint density at radius 1 is 1.58 bits per heavy atom. The highest BCUT2D eigenvalue weighted by Gasteiger charge is 2.30. The molecule has 0 amide bonds. The van der Waals surface area contributed by atoms with E-state index in [0.717, 1.165) is 17.4 Å². The van der Waals surface area contributed by atoms with Crippen LogP contribution in [-0.2, 0) is 16.0 Å². The highest BCUT2D eigenvalue weighted by Crippen LogP contribution is 2.34. The molecule has 1 fully saturated rings. The molecule has 0 saturated heterocycles. The van der Waals surface area contributed by atoms with E-state index >= 15 is 0 Å². The zero-order chi connectivity index (χ0) is 13.8. The molecule has 0 radical (unpaired) electrons. The molecule has 4 nitrogen and oxygen atoms in total. The number of hydrogen-bond donors (Lipinski definition) is 0. The first-order valence-electron chi connectivity index (χ1n) is 6.88. The molecular weight excluding hydrogens is 260 g/mol. The van der Waals surface area contributed by atoms with Crippen molar-refractivity contribution in [2.45, 2.75) is 45.6 Å². The summed E-state index contributed by atoms with van der Waals surface area (Å²) >= 11 is 1.64. The van der Waals surface area contributed by atoms with Crippen LogP contribution in [0.1, 0.15) is 38.8 Å². The predicted molar refractivity (Wildman–Crippen MR) is 77.7 cm³/mol. The molecule has 5 heteroatoms. The number of nitrogens with zero attached hydrogens (tertiary/aromatic N) is 2. The Bertz CT molecular complexity index is 427. The Balaban J connectivity index is 1.99. The fourth-order valence-corrected chi connectivity index (χ4v) is 2.87. The first kappa shape index (κ1) is 14.3. The summed E-state index contributed by atoms with van der Waals surface area (Å²) in [7, 11) is 1.41. The lowest BCUT2D eigenvalue weighted by Gasteiger charge is -2.22. The van der Waals surface area contributed by atoms with Crippen LogP contribution in [0.15, 0.2) is 5.38 Å². The summed E-state index contributed by atoms with van der Waals surface area (Å²) in [6.45, 7) is 5.55. The monoisotopic (exact) mass is 282 g/mol. The van der Waals surface area contributed by atoms with Crippen molar-refractivity contribution in [2.24, 2.45) is 5.92 Å². The van der Waals surface area contributed by atoms with Gasteiger partial charge in [-0.15, -0.1) is 11.3 Å². The number of rotatable bonds is 7. The molecule has 1 heterocycles. The molecule has 19 heavy (non-hydrogen) atoms. The summed E-state index contributed by atoms with van der Waals surface area (Å²) in [4.78, 5) is 18.2. The van der Waals surface area contributed by atoms with E-state index in [1.807, 2.05) is 5.38 Å². The van der Waals surface area contributed by atoms with Crippen molar-refractivity contribution in [3.05, 3.63) is 11.1 Å². The van der Waals surface area contributed by atoms with Gasteiger partial charge in [-0.05, 0) is 25.2 Å². The van der Waals surface area contributed by atoms with Gasteiger partial charge in [0.2, 0.25) is 0 Å². The molecule has 0 aromatic carbocycles. The minimum Gasteiger partial charge on any atom is -0.469 e. The second-order valence-corrected chi connectivity index (χ2v) is 6.32. The molecule has 1 aromatic rings. The fraction of sp³-hybridized carbons (Fsp3) is 0.714. The molecule has 0 unspecified atom stereocenters. The number of carbonyl (C=O) groups excluding carboxylic acids is 1. The second-order valence-electron chi connectivity index (χ2n) is 5.48. The molecule has 0 atom stereocenters. The average molecular weight is 282 g/mol. The number of ether oxygens (including phenoxy) is 1. The number of thiazole rings is 1. The lowest BCUT2D eigenvalue weighted by atomic mass is 10.1. The number of hydrogen-bond acceptors (Lipinski definition) is 5. The van der Waals surface area contributed by atoms with E-state index in [2.05, 4.69) is 28.5 Å². The highest BCUT2D eigenvalue weighted by atomic mass is 32.1. The zero-order valence-electron chi connectivity index (χ0n) is 11.9. The lowest BCUT2D eigenvalue weighted by Crippen LogP contribution is -2.27. The first-order chi connectivity index (χ1) is 9.10. The number of methoxy groups -OCH3 is 1. The van der Waals surface area contributed by atoms with E-state index in [0.29, 0.717) is 12.0 Å². The molecule has 0 bridgehead atoms. The SMILES string of the molecule is COC(=O)Cc1csc(N(CCC(C)C)C2CC2)n1. The Hall–Kier alpha value is -1.10. The van der Waals surface area contributed by atoms with Gasteiger partial charge in [0, 0.05) is 18.0 Å². The van der Waals surface area contributed by atoms with Crippen molar-refractivity contribution in [1.29, 1.82) is 0 Å². The van der Waals surface area contributed by atoms with Crippen LogP contribution in [0.2, 0.25) is 0 Å². The number of anilines is 1. The van der Waals surface area contributed by atoms with Gasteiger partial charge in [0.25, 0.3) is 0 Å². The first-order valence-corrected chi connectivity index (χ1v) is 7.76. The molecule has 1 aromatic heterocycles. The standard InChI is InChI=1S/C14H22N2O2S/c1-10(2)6-7-16(12-4-5-12)14-15-11(9-19-14)8-13(17)18-3/h9-10,12H,4-8H2,1-3H3. The van der Waals surface area contributed by atoms with Gasteiger partial charge < -0.3 is 9.64 Å². The van der Waals surface area contributed by atoms with Gasteiger partial charge in [0.15, 0.2) is 5.13 Å². The molecule has 1 aliphatic rings. The van der Waals surface area contributed by atoms with Crippen LogP contribution in [0, 0.1) is 5.92 Å². The molecular formula is C14H22N2O2S. The summed E-state index contributed by atoms with van der Waals surface area (Å²) in [5, 5.41) is 3.03. The molecule has 2 rings (SSSR count). The van der Waals surface area contributed by atoms with Crippen molar-refractivity contribution >= 4 is 22.4 Å². The third-order valence-corrected chi connectivity index (χ3v) is 4.20. The molecule has 106 valence electrons. The van der Waals surface area contributed by atoms with E-state index in [4.69, 9.17) is 0 Å². The maximum absolute atomic E-state index is 11.3. The van der Waals surface area contributed by atoms with Crippen molar-refractivity contribution in [3.63, 3.8) is 0 Å². The molecule has 1 aliphatic carbocycles.